The van der Waals surface area contributed by atoms with Gasteiger partial charge in [-0.15, -0.1) is 11.3 Å². The van der Waals surface area contributed by atoms with Crippen molar-refractivity contribution in [2.24, 2.45) is 12.9 Å². The third-order valence-corrected chi connectivity index (χ3v) is 4.45. The summed E-state index contributed by atoms with van der Waals surface area (Å²) in [5.41, 5.74) is 6.20. The van der Waals surface area contributed by atoms with Gasteiger partial charge in [0.2, 0.25) is 0 Å². The van der Waals surface area contributed by atoms with Gasteiger partial charge in [-0.05, 0) is 13.0 Å². The highest BCUT2D eigenvalue weighted by molar-refractivity contribution is 7.09. The second-order valence-corrected chi connectivity index (χ2v) is 6.28. The van der Waals surface area contributed by atoms with Crippen LogP contribution >= 0.6 is 11.3 Å². The molecule has 1 atom stereocenters. The molecule has 21 heavy (non-hydrogen) atoms. The number of para-hydroxylation sites is 1. The summed E-state index contributed by atoms with van der Waals surface area (Å²) >= 11 is 1.67. The molecule has 1 aromatic carbocycles. The van der Waals surface area contributed by atoms with Crippen molar-refractivity contribution >= 4 is 22.2 Å². The molecule has 0 aliphatic carbocycles. The van der Waals surface area contributed by atoms with Crippen molar-refractivity contribution in [1.29, 1.82) is 0 Å². The number of thiazole rings is 1. The predicted molar refractivity (Wildman–Crippen MR) is 86.1 cm³/mol. The zero-order valence-corrected chi connectivity index (χ0v) is 13.0. The van der Waals surface area contributed by atoms with Crippen molar-refractivity contribution < 1.29 is 0 Å². The first-order valence-corrected chi connectivity index (χ1v) is 7.83. The maximum absolute atomic E-state index is 5.72. The fourth-order valence-corrected chi connectivity index (χ4v) is 3.24. The van der Waals surface area contributed by atoms with Crippen molar-refractivity contribution in [2.75, 3.05) is 0 Å². The number of benzene rings is 1. The smallest absolute Gasteiger partial charge is 0.0897 e. The van der Waals surface area contributed by atoms with Gasteiger partial charge < -0.3 is 0 Å². The predicted octanol–water partition coefficient (Wildman–Crippen LogP) is 1.96. The molecule has 3 N–H and O–H groups in total. The molecule has 1 unspecified atom stereocenters. The van der Waals surface area contributed by atoms with E-state index in [1.54, 1.807) is 11.3 Å². The fraction of sp³-hybridized carbons (Fsp3) is 0.333. The van der Waals surface area contributed by atoms with Gasteiger partial charge in [-0.25, -0.2) is 4.98 Å². The molecule has 0 amide bonds. The maximum Gasteiger partial charge on any atom is 0.0897 e. The molecule has 0 bridgehead atoms. The number of hydrogen-bond donors (Lipinski definition) is 2. The van der Waals surface area contributed by atoms with E-state index in [1.165, 1.54) is 5.39 Å². The van der Waals surface area contributed by atoms with Crippen LogP contribution < -0.4 is 11.3 Å². The highest BCUT2D eigenvalue weighted by atomic mass is 32.1. The molecule has 110 valence electrons. The molecule has 3 aromatic rings. The topological polar surface area (TPSA) is 68.8 Å². The molecule has 5 nitrogen and oxygen atoms in total. The van der Waals surface area contributed by atoms with Crippen LogP contribution in [-0.2, 0) is 19.9 Å². The van der Waals surface area contributed by atoms with Crippen LogP contribution in [0.5, 0.6) is 0 Å². The van der Waals surface area contributed by atoms with Gasteiger partial charge in [-0.3, -0.25) is 16.0 Å². The maximum atomic E-state index is 5.72. The summed E-state index contributed by atoms with van der Waals surface area (Å²) in [4.78, 5) is 4.50. The van der Waals surface area contributed by atoms with E-state index in [2.05, 4.69) is 33.0 Å². The summed E-state index contributed by atoms with van der Waals surface area (Å²) in [6.45, 7) is 2.02. The molecule has 0 saturated heterocycles. The molecular weight excluding hydrogens is 282 g/mol. The van der Waals surface area contributed by atoms with E-state index < -0.39 is 0 Å². The third kappa shape index (κ3) is 2.97. The summed E-state index contributed by atoms with van der Waals surface area (Å²) in [5.74, 6) is 5.72. The Labute approximate surface area is 127 Å². The SMILES string of the molecule is Cc1nc(CC(Cc2nn(C)c3ccccc23)NN)cs1. The van der Waals surface area contributed by atoms with E-state index in [4.69, 9.17) is 5.84 Å². The first-order valence-electron chi connectivity index (χ1n) is 6.95. The average Bonchev–Trinajstić information content (AvgIpc) is 3.03. The summed E-state index contributed by atoms with van der Waals surface area (Å²) in [6.07, 6.45) is 1.60. The van der Waals surface area contributed by atoms with Gasteiger partial charge in [-0.1, -0.05) is 18.2 Å². The van der Waals surface area contributed by atoms with Gasteiger partial charge in [-0.2, -0.15) is 5.10 Å². The monoisotopic (exact) mass is 301 g/mol. The van der Waals surface area contributed by atoms with E-state index in [1.807, 2.05) is 30.8 Å². The van der Waals surface area contributed by atoms with Gasteiger partial charge in [0.1, 0.15) is 0 Å². The molecule has 0 saturated carbocycles. The van der Waals surface area contributed by atoms with E-state index in [-0.39, 0.29) is 6.04 Å². The first kappa shape index (κ1) is 14.2. The van der Waals surface area contributed by atoms with Gasteiger partial charge in [0.05, 0.1) is 21.9 Å². The Balaban J connectivity index is 1.82. The van der Waals surface area contributed by atoms with Crippen LogP contribution in [-0.4, -0.2) is 20.8 Å². The normalized spacial score (nSPS) is 12.9. The van der Waals surface area contributed by atoms with E-state index in [0.717, 1.165) is 34.8 Å². The molecule has 0 fully saturated rings. The molecule has 0 aliphatic rings. The summed E-state index contributed by atoms with van der Waals surface area (Å²) in [7, 11) is 1.97. The molecule has 3 rings (SSSR count). The lowest BCUT2D eigenvalue weighted by atomic mass is 10.0. The lowest BCUT2D eigenvalue weighted by molar-refractivity contribution is 0.511. The number of rotatable bonds is 5. The van der Waals surface area contributed by atoms with E-state index in [9.17, 15) is 0 Å². The highest BCUT2D eigenvalue weighted by Crippen LogP contribution is 2.19. The second kappa shape index (κ2) is 5.93. The number of nitrogens with zero attached hydrogens (tertiary/aromatic N) is 3. The minimum Gasteiger partial charge on any atom is -0.271 e. The number of fused-ring (bicyclic) bond motifs is 1. The quantitative estimate of drug-likeness (QED) is 0.558. The zero-order chi connectivity index (χ0) is 14.8. The minimum atomic E-state index is 0.129. The average molecular weight is 301 g/mol. The van der Waals surface area contributed by atoms with Gasteiger partial charge in [0, 0.05) is 36.7 Å². The van der Waals surface area contributed by atoms with Crippen LogP contribution in [0.15, 0.2) is 29.6 Å². The summed E-state index contributed by atoms with van der Waals surface area (Å²) < 4.78 is 1.92. The molecule has 2 heterocycles. The molecule has 2 aromatic heterocycles. The number of nitrogens with two attached hydrogens (primary N) is 1. The van der Waals surface area contributed by atoms with Crippen LogP contribution in [0.2, 0.25) is 0 Å². The highest BCUT2D eigenvalue weighted by Gasteiger charge is 2.15. The van der Waals surface area contributed by atoms with Crippen molar-refractivity contribution in [3.8, 4) is 0 Å². The van der Waals surface area contributed by atoms with Gasteiger partial charge in [0.25, 0.3) is 0 Å². The van der Waals surface area contributed by atoms with Crippen LogP contribution in [0.4, 0.5) is 0 Å². The molecule has 0 aliphatic heterocycles. The second-order valence-electron chi connectivity index (χ2n) is 5.22. The fourth-order valence-electron chi connectivity index (χ4n) is 2.62. The van der Waals surface area contributed by atoms with Crippen LogP contribution in [0, 0.1) is 6.92 Å². The Morgan fingerprint density at radius 2 is 2.14 bits per heavy atom. The van der Waals surface area contributed by atoms with Crippen LogP contribution in [0.25, 0.3) is 10.9 Å². The van der Waals surface area contributed by atoms with Gasteiger partial charge in [0.15, 0.2) is 0 Å². The lowest BCUT2D eigenvalue weighted by Gasteiger charge is -2.13. The van der Waals surface area contributed by atoms with Gasteiger partial charge >= 0.3 is 0 Å². The molecule has 0 spiro atoms. The summed E-state index contributed by atoms with van der Waals surface area (Å²) in [5, 5.41) is 9.00. The van der Waals surface area contributed by atoms with Crippen molar-refractivity contribution in [2.45, 2.75) is 25.8 Å². The molecule has 6 heteroatoms. The standard InChI is InChI=1S/C15H19N5S/c1-10-17-12(9-21-10)7-11(18-16)8-14-13-5-3-4-6-15(13)20(2)19-14/h3-6,9,11,18H,7-8,16H2,1-2H3. The number of hydrazine groups is 1. The Morgan fingerprint density at radius 1 is 1.33 bits per heavy atom. The Kier molecular flexibility index (Phi) is 4.01. The first-order chi connectivity index (χ1) is 10.2. The van der Waals surface area contributed by atoms with Crippen molar-refractivity contribution in [1.82, 2.24) is 20.2 Å². The number of aryl methyl sites for hydroxylation is 2. The Bertz CT molecular complexity index is 745. The summed E-state index contributed by atoms with van der Waals surface area (Å²) in [6, 6.07) is 8.40. The van der Waals surface area contributed by atoms with Crippen LogP contribution in [0.1, 0.15) is 16.4 Å². The number of aromatic nitrogens is 3. The number of hydrogen-bond acceptors (Lipinski definition) is 5. The van der Waals surface area contributed by atoms with Crippen molar-refractivity contribution in [3.05, 3.63) is 46.0 Å². The molecular formula is C15H19N5S. The number of nitrogens with one attached hydrogen (secondary N) is 1. The minimum absolute atomic E-state index is 0.129. The van der Waals surface area contributed by atoms with E-state index >= 15 is 0 Å². The largest absolute Gasteiger partial charge is 0.271 e. The Morgan fingerprint density at radius 3 is 2.86 bits per heavy atom. The lowest BCUT2D eigenvalue weighted by Crippen LogP contribution is -2.38. The Hall–Kier alpha value is -1.76. The zero-order valence-electron chi connectivity index (χ0n) is 12.2. The van der Waals surface area contributed by atoms with Crippen LogP contribution in [0.3, 0.4) is 0 Å². The molecule has 0 radical (unpaired) electrons. The van der Waals surface area contributed by atoms with E-state index in [0.29, 0.717) is 0 Å². The third-order valence-electron chi connectivity index (χ3n) is 3.63. The van der Waals surface area contributed by atoms with Crippen molar-refractivity contribution in [3.63, 3.8) is 0 Å².